The molecule has 2 aliphatic heterocycles. The van der Waals surface area contributed by atoms with Gasteiger partial charge < -0.3 is 10.1 Å². The van der Waals surface area contributed by atoms with Gasteiger partial charge in [-0.25, -0.2) is 14.4 Å². The molecule has 1 aromatic heterocycles. The summed E-state index contributed by atoms with van der Waals surface area (Å²) in [5.74, 6) is 0.0934. The maximum absolute atomic E-state index is 14.4. The number of hydrogen-bond acceptors (Lipinski definition) is 5. The molecule has 148 valence electrons. The summed E-state index contributed by atoms with van der Waals surface area (Å²) in [7, 11) is 0. The van der Waals surface area contributed by atoms with Crippen LogP contribution in [-0.2, 0) is 24.1 Å². The third-order valence-electron chi connectivity index (χ3n) is 5.31. The number of hydrogen-bond donors (Lipinski definition) is 1. The Bertz CT molecular complexity index is 828. The van der Waals surface area contributed by atoms with E-state index < -0.39 is 6.17 Å². The van der Waals surface area contributed by atoms with E-state index in [-0.39, 0.29) is 18.1 Å². The van der Waals surface area contributed by atoms with Gasteiger partial charge in [-0.05, 0) is 30.0 Å². The summed E-state index contributed by atoms with van der Waals surface area (Å²) in [6.45, 7) is 3.35. The van der Waals surface area contributed by atoms with Gasteiger partial charge in [0.2, 0.25) is 0 Å². The van der Waals surface area contributed by atoms with Crippen molar-refractivity contribution in [3.05, 3.63) is 59.2 Å². The van der Waals surface area contributed by atoms with Crippen LogP contribution >= 0.6 is 0 Å². The molecule has 28 heavy (non-hydrogen) atoms. The number of amides is 1. The zero-order valence-electron chi connectivity index (χ0n) is 15.8. The summed E-state index contributed by atoms with van der Waals surface area (Å²) in [6.07, 6.45) is 1.97. The number of benzene rings is 1. The Morgan fingerprint density at radius 2 is 2.11 bits per heavy atom. The number of rotatable bonds is 7. The summed E-state index contributed by atoms with van der Waals surface area (Å²) in [5.41, 5.74) is 3.70. The smallest absolute Gasteiger partial charge is 0.270 e. The average Bonchev–Trinajstić information content (AvgIpc) is 2.69. The zero-order valence-corrected chi connectivity index (χ0v) is 15.8. The van der Waals surface area contributed by atoms with E-state index in [1.54, 1.807) is 6.07 Å². The molecule has 1 saturated heterocycles. The highest BCUT2D eigenvalue weighted by molar-refractivity contribution is 5.92. The summed E-state index contributed by atoms with van der Waals surface area (Å²) in [4.78, 5) is 22.6. The van der Waals surface area contributed by atoms with Crippen LogP contribution in [0.25, 0.3) is 0 Å². The monoisotopic (exact) mass is 384 g/mol. The van der Waals surface area contributed by atoms with Crippen molar-refractivity contribution >= 4 is 5.91 Å². The number of alkyl halides is 1. The van der Waals surface area contributed by atoms with Crippen molar-refractivity contribution < 1.29 is 13.9 Å². The van der Waals surface area contributed by atoms with E-state index >= 15 is 0 Å². The number of ether oxygens (including phenoxy) is 1. The molecule has 7 heteroatoms. The molecule has 4 rings (SSSR count). The highest BCUT2D eigenvalue weighted by Gasteiger charge is 2.22. The van der Waals surface area contributed by atoms with E-state index in [4.69, 9.17) is 4.74 Å². The Morgan fingerprint density at radius 1 is 1.29 bits per heavy atom. The van der Waals surface area contributed by atoms with E-state index in [0.29, 0.717) is 12.5 Å². The maximum Gasteiger partial charge on any atom is 0.270 e. The highest BCUT2D eigenvalue weighted by Crippen LogP contribution is 2.19. The maximum atomic E-state index is 14.4. The van der Waals surface area contributed by atoms with Gasteiger partial charge in [-0.1, -0.05) is 24.3 Å². The molecule has 1 atom stereocenters. The molecule has 1 N–H and O–H groups in total. The van der Waals surface area contributed by atoms with Crippen LogP contribution in [0.15, 0.2) is 36.7 Å². The minimum atomic E-state index is -1.12. The first kappa shape index (κ1) is 19.0. The van der Waals surface area contributed by atoms with E-state index in [9.17, 15) is 9.18 Å². The van der Waals surface area contributed by atoms with Gasteiger partial charge in [-0.3, -0.25) is 9.69 Å². The largest absolute Gasteiger partial charge is 0.381 e. The average molecular weight is 384 g/mol. The lowest BCUT2D eigenvalue weighted by Crippen LogP contribution is -2.40. The van der Waals surface area contributed by atoms with E-state index in [0.717, 1.165) is 44.8 Å². The Balaban J connectivity index is 1.25. The number of fused-ring (bicyclic) bond motifs is 1. The van der Waals surface area contributed by atoms with Crippen LogP contribution in [0.1, 0.15) is 27.3 Å². The molecule has 1 fully saturated rings. The Labute approximate surface area is 164 Å². The Morgan fingerprint density at radius 3 is 2.89 bits per heavy atom. The SMILES string of the molecule is O=C(NCC(F)CN1CCc2ccccc2C1)c1cc(CC2COC2)ncn1. The van der Waals surface area contributed by atoms with Crippen LogP contribution in [-0.4, -0.2) is 59.8 Å². The van der Waals surface area contributed by atoms with Crippen molar-refractivity contribution in [2.24, 2.45) is 5.92 Å². The molecule has 0 radical (unpaired) electrons. The fourth-order valence-electron chi connectivity index (χ4n) is 3.68. The summed E-state index contributed by atoms with van der Waals surface area (Å²) >= 11 is 0. The summed E-state index contributed by atoms with van der Waals surface area (Å²) in [5, 5.41) is 2.66. The fourth-order valence-corrected chi connectivity index (χ4v) is 3.68. The second kappa shape index (κ2) is 8.75. The molecule has 6 nitrogen and oxygen atoms in total. The lowest BCUT2D eigenvalue weighted by Gasteiger charge is -2.29. The molecular formula is C21H25FN4O2. The lowest BCUT2D eigenvalue weighted by molar-refractivity contribution is -0.0316. The van der Waals surface area contributed by atoms with Gasteiger partial charge in [0.25, 0.3) is 5.91 Å². The number of carbonyl (C=O) groups excluding carboxylic acids is 1. The van der Waals surface area contributed by atoms with Crippen molar-refractivity contribution in [1.82, 2.24) is 20.2 Å². The minimum absolute atomic E-state index is 0.0211. The lowest BCUT2D eigenvalue weighted by atomic mass is 10.00. The van der Waals surface area contributed by atoms with Gasteiger partial charge in [0.15, 0.2) is 0 Å². The van der Waals surface area contributed by atoms with Crippen LogP contribution in [0.2, 0.25) is 0 Å². The molecule has 0 aliphatic carbocycles. The van der Waals surface area contributed by atoms with Crippen LogP contribution in [0.5, 0.6) is 0 Å². The highest BCUT2D eigenvalue weighted by atomic mass is 19.1. The van der Waals surface area contributed by atoms with Gasteiger partial charge in [0.05, 0.1) is 19.8 Å². The fraction of sp³-hybridized carbons (Fsp3) is 0.476. The molecule has 1 amide bonds. The van der Waals surface area contributed by atoms with E-state index in [1.807, 2.05) is 12.1 Å². The van der Waals surface area contributed by atoms with Crippen LogP contribution in [0.3, 0.4) is 0 Å². The van der Waals surface area contributed by atoms with Crippen molar-refractivity contribution in [2.75, 3.05) is 32.8 Å². The van der Waals surface area contributed by atoms with Crippen molar-refractivity contribution in [2.45, 2.75) is 25.6 Å². The van der Waals surface area contributed by atoms with Gasteiger partial charge in [0.1, 0.15) is 18.2 Å². The number of aromatic nitrogens is 2. The van der Waals surface area contributed by atoms with Gasteiger partial charge in [-0.2, -0.15) is 0 Å². The van der Waals surface area contributed by atoms with Crippen LogP contribution in [0, 0.1) is 5.92 Å². The molecular weight excluding hydrogens is 359 g/mol. The molecule has 0 spiro atoms. The first-order chi connectivity index (χ1) is 13.7. The molecule has 0 bridgehead atoms. The third-order valence-corrected chi connectivity index (χ3v) is 5.31. The van der Waals surface area contributed by atoms with E-state index in [1.165, 1.54) is 17.5 Å². The summed E-state index contributed by atoms with van der Waals surface area (Å²) in [6, 6.07) is 9.97. The summed E-state index contributed by atoms with van der Waals surface area (Å²) < 4.78 is 19.6. The number of nitrogens with zero attached hydrogens (tertiary/aromatic N) is 3. The van der Waals surface area contributed by atoms with Crippen molar-refractivity contribution in [3.8, 4) is 0 Å². The molecule has 1 aromatic carbocycles. The molecule has 1 unspecified atom stereocenters. The second-order valence-corrected chi connectivity index (χ2v) is 7.56. The number of carbonyl (C=O) groups is 1. The Hall–Kier alpha value is -2.38. The standard InChI is InChI=1S/C21H25FN4O2/c22-18(11-26-6-5-16-3-1-2-4-17(16)10-26)9-23-21(27)20-8-19(24-14-25-20)7-15-12-28-13-15/h1-4,8,14-15,18H,5-7,9-13H2,(H,23,27). The second-order valence-electron chi connectivity index (χ2n) is 7.56. The predicted octanol–water partition coefficient (Wildman–Crippen LogP) is 1.79. The van der Waals surface area contributed by atoms with Gasteiger partial charge in [-0.15, -0.1) is 0 Å². The molecule has 2 aliphatic rings. The number of nitrogens with one attached hydrogen (secondary N) is 1. The molecule has 2 aromatic rings. The predicted molar refractivity (Wildman–Crippen MR) is 103 cm³/mol. The first-order valence-electron chi connectivity index (χ1n) is 9.77. The third kappa shape index (κ3) is 4.72. The van der Waals surface area contributed by atoms with Crippen LogP contribution < -0.4 is 5.32 Å². The van der Waals surface area contributed by atoms with Gasteiger partial charge in [0, 0.05) is 31.2 Å². The van der Waals surface area contributed by atoms with Crippen molar-refractivity contribution in [1.29, 1.82) is 0 Å². The molecule has 0 saturated carbocycles. The number of halogens is 1. The normalized spacial score (nSPS) is 18.2. The quantitative estimate of drug-likeness (QED) is 0.788. The molecule has 3 heterocycles. The Kier molecular flexibility index (Phi) is 5.92. The van der Waals surface area contributed by atoms with Gasteiger partial charge >= 0.3 is 0 Å². The zero-order chi connectivity index (χ0) is 19.3. The van der Waals surface area contributed by atoms with E-state index in [2.05, 4.69) is 32.3 Å². The minimum Gasteiger partial charge on any atom is -0.381 e. The first-order valence-corrected chi connectivity index (χ1v) is 9.77. The van der Waals surface area contributed by atoms with Crippen molar-refractivity contribution in [3.63, 3.8) is 0 Å². The topological polar surface area (TPSA) is 67.4 Å². The van der Waals surface area contributed by atoms with Crippen LogP contribution in [0.4, 0.5) is 4.39 Å².